The van der Waals surface area contributed by atoms with Gasteiger partial charge in [-0.2, -0.15) is 0 Å². The molecule has 1 aliphatic rings. The Bertz CT molecular complexity index is 625. The van der Waals surface area contributed by atoms with Gasteiger partial charge in [0.2, 0.25) is 0 Å². The van der Waals surface area contributed by atoms with Crippen LogP contribution < -0.4 is 0 Å². The maximum absolute atomic E-state index is 5.87. The van der Waals surface area contributed by atoms with Crippen LogP contribution in [0.2, 0.25) is 0 Å². The summed E-state index contributed by atoms with van der Waals surface area (Å²) >= 11 is 6.94. The van der Waals surface area contributed by atoms with Crippen molar-refractivity contribution in [1.29, 1.82) is 0 Å². The molecular weight excluding hydrogens is 410 g/mol. The summed E-state index contributed by atoms with van der Waals surface area (Å²) in [6.45, 7) is 1.36. The molecule has 1 unspecified atom stereocenters. The first-order valence-electron chi connectivity index (χ1n) is 7.35. The zero-order valence-electron chi connectivity index (χ0n) is 12.1. The van der Waals surface area contributed by atoms with E-state index >= 15 is 0 Å². The number of nitrogens with zero attached hydrogens (tertiary/aromatic N) is 1. The van der Waals surface area contributed by atoms with Gasteiger partial charge >= 0.3 is 0 Å². The van der Waals surface area contributed by atoms with Crippen LogP contribution in [-0.4, -0.2) is 17.9 Å². The fourth-order valence-electron chi connectivity index (χ4n) is 2.48. The molecule has 3 rings (SSSR count). The van der Waals surface area contributed by atoms with Crippen LogP contribution in [0.5, 0.6) is 0 Å². The van der Waals surface area contributed by atoms with Gasteiger partial charge in [0.25, 0.3) is 0 Å². The Labute approximate surface area is 147 Å². The Kier molecular flexibility index (Phi) is 5.63. The van der Waals surface area contributed by atoms with Crippen molar-refractivity contribution in [2.45, 2.75) is 32.2 Å². The first-order chi connectivity index (χ1) is 10.7. The standard InChI is InChI=1S/C17H17Br2NO2/c18-15-8-12(11-22-17-3-1-2-6-21-17)7-14(9-15)13-4-5-16(19)20-10-13/h4-5,7-10,17H,1-3,6,11H2. The molecule has 5 heteroatoms. The maximum Gasteiger partial charge on any atom is 0.158 e. The molecule has 2 heterocycles. The molecule has 0 spiro atoms. The van der Waals surface area contributed by atoms with Gasteiger partial charge in [-0.1, -0.05) is 22.0 Å². The quantitative estimate of drug-likeness (QED) is 0.620. The van der Waals surface area contributed by atoms with Gasteiger partial charge in [-0.05, 0) is 70.6 Å². The normalized spacial score (nSPS) is 18.4. The molecule has 2 aromatic rings. The molecule has 1 saturated heterocycles. The van der Waals surface area contributed by atoms with E-state index in [1.807, 2.05) is 18.3 Å². The molecule has 22 heavy (non-hydrogen) atoms. The van der Waals surface area contributed by atoms with Crippen molar-refractivity contribution in [3.63, 3.8) is 0 Å². The lowest BCUT2D eigenvalue weighted by Crippen LogP contribution is -2.22. The Hall–Kier alpha value is -0.750. The first kappa shape index (κ1) is 16.1. The highest BCUT2D eigenvalue weighted by molar-refractivity contribution is 9.10. The summed E-state index contributed by atoms with van der Waals surface area (Å²) in [6.07, 6.45) is 5.10. The van der Waals surface area contributed by atoms with Crippen LogP contribution in [0.15, 0.2) is 45.6 Å². The molecule has 1 aliphatic heterocycles. The molecule has 0 saturated carbocycles. The van der Waals surface area contributed by atoms with Gasteiger partial charge in [0.15, 0.2) is 6.29 Å². The highest BCUT2D eigenvalue weighted by atomic mass is 79.9. The van der Waals surface area contributed by atoms with Gasteiger partial charge in [-0.25, -0.2) is 4.98 Å². The van der Waals surface area contributed by atoms with E-state index in [9.17, 15) is 0 Å². The largest absolute Gasteiger partial charge is 0.353 e. The van der Waals surface area contributed by atoms with E-state index in [0.717, 1.165) is 45.2 Å². The van der Waals surface area contributed by atoms with Crippen LogP contribution in [-0.2, 0) is 16.1 Å². The van der Waals surface area contributed by atoms with Gasteiger partial charge in [0.1, 0.15) is 4.60 Å². The lowest BCUT2D eigenvalue weighted by atomic mass is 10.1. The SMILES string of the molecule is Brc1cc(COC2CCCCO2)cc(-c2ccc(Br)nc2)c1. The third-order valence-corrected chi connectivity index (χ3v) is 4.52. The first-order valence-corrected chi connectivity index (χ1v) is 8.94. The van der Waals surface area contributed by atoms with Crippen molar-refractivity contribution in [2.24, 2.45) is 0 Å². The lowest BCUT2D eigenvalue weighted by Gasteiger charge is -2.22. The number of ether oxygens (including phenoxy) is 2. The monoisotopic (exact) mass is 425 g/mol. The zero-order valence-corrected chi connectivity index (χ0v) is 15.3. The molecule has 116 valence electrons. The number of aromatic nitrogens is 1. The maximum atomic E-state index is 5.87. The van der Waals surface area contributed by atoms with Crippen molar-refractivity contribution < 1.29 is 9.47 Å². The molecule has 0 bridgehead atoms. The van der Waals surface area contributed by atoms with Crippen LogP contribution in [0.25, 0.3) is 11.1 Å². The number of pyridine rings is 1. The van der Waals surface area contributed by atoms with Gasteiger partial charge in [-0.15, -0.1) is 0 Å². The van der Waals surface area contributed by atoms with Crippen molar-refractivity contribution in [1.82, 2.24) is 4.98 Å². The van der Waals surface area contributed by atoms with Gasteiger partial charge in [0.05, 0.1) is 6.61 Å². The summed E-state index contributed by atoms with van der Waals surface area (Å²) in [7, 11) is 0. The Morgan fingerprint density at radius 2 is 2.05 bits per heavy atom. The molecule has 0 aliphatic carbocycles. The number of halogens is 2. The van der Waals surface area contributed by atoms with Gasteiger partial charge in [-0.3, -0.25) is 0 Å². The molecule has 1 aromatic carbocycles. The van der Waals surface area contributed by atoms with E-state index < -0.39 is 0 Å². The second-order valence-electron chi connectivity index (χ2n) is 5.32. The van der Waals surface area contributed by atoms with Crippen LogP contribution in [0.1, 0.15) is 24.8 Å². The number of benzene rings is 1. The van der Waals surface area contributed by atoms with E-state index in [0.29, 0.717) is 6.61 Å². The smallest absolute Gasteiger partial charge is 0.158 e. The average molecular weight is 427 g/mol. The average Bonchev–Trinajstić information content (AvgIpc) is 2.54. The van der Waals surface area contributed by atoms with E-state index in [1.54, 1.807) is 0 Å². The molecule has 0 N–H and O–H groups in total. The fourth-order valence-corrected chi connectivity index (χ4v) is 3.25. The molecule has 3 nitrogen and oxygen atoms in total. The third kappa shape index (κ3) is 4.38. The predicted octanol–water partition coefficient (Wildman–Crippen LogP) is 5.32. The summed E-state index contributed by atoms with van der Waals surface area (Å²) in [5.41, 5.74) is 3.33. The molecule has 1 atom stereocenters. The van der Waals surface area contributed by atoms with E-state index in [2.05, 4.69) is 55.0 Å². The van der Waals surface area contributed by atoms with Crippen LogP contribution in [0.3, 0.4) is 0 Å². The lowest BCUT2D eigenvalue weighted by molar-refractivity contribution is -0.168. The van der Waals surface area contributed by atoms with Crippen molar-refractivity contribution in [2.75, 3.05) is 6.61 Å². The molecule has 0 amide bonds. The van der Waals surface area contributed by atoms with Gasteiger partial charge in [0, 0.05) is 22.8 Å². The van der Waals surface area contributed by atoms with E-state index in [-0.39, 0.29) is 6.29 Å². The Morgan fingerprint density at radius 1 is 1.14 bits per heavy atom. The van der Waals surface area contributed by atoms with Crippen molar-refractivity contribution >= 4 is 31.9 Å². The van der Waals surface area contributed by atoms with Crippen LogP contribution >= 0.6 is 31.9 Å². The van der Waals surface area contributed by atoms with Gasteiger partial charge < -0.3 is 9.47 Å². The van der Waals surface area contributed by atoms with E-state index in [1.165, 1.54) is 6.42 Å². The molecule has 0 radical (unpaired) electrons. The zero-order chi connectivity index (χ0) is 15.4. The summed E-state index contributed by atoms with van der Waals surface area (Å²) in [6, 6.07) is 10.3. The minimum Gasteiger partial charge on any atom is -0.353 e. The number of hydrogen-bond donors (Lipinski definition) is 0. The Morgan fingerprint density at radius 3 is 2.77 bits per heavy atom. The highest BCUT2D eigenvalue weighted by Gasteiger charge is 2.14. The van der Waals surface area contributed by atoms with E-state index in [4.69, 9.17) is 9.47 Å². The molecule has 1 aromatic heterocycles. The summed E-state index contributed by atoms with van der Waals surface area (Å²) in [4.78, 5) is 4.28. The fraction of sp³-hybridized carbons (Fsp3) is 0.353. The van der Waals surface area contributed by atoms with Crippen LogP contribution in [0.4, 0.5) is 0 Å². The highest BCUT2D eigenvalue weighted by Crippen LogP contribution is 2.26. The topological polar surface area (TPSA) is 31.4 Å². The minimum atomic E-state index is -0.0643. The van der Waals surface area contributed by atoms with Crippen molar-refractivity contribution in [3.05, 3.63) is 51.2 Å². The number of rotatable bonds is 4. The second kappa shape index (κ2) is 7.68. The predicted molar refractivity (Wildman–Crippen MR) is 93.5 cm³/mol. The summed E-state index contributed by atoms with van der Waals surface area (Å²) in [5, 5.41) is 0. The second-order valence-corrected chi connectivity index (χ2v) is 7.05. The minimum absolute atomic E-state index is 0.0643. The number of hydrogen-bond acceptors (Lipinski definition) is 3. The summed E-state index contributed by atoms with van der Waals surface area (Å²) in [5.74, 6) is 0. The molecular formula is C17H17Br2NO2. The van der Waals surface area contributed by atoms with Crippen LogP contribution in [0, 0.1) is 0 Å². The van der Waals surface area contributed by atoms with Crippen molar-refractivity contribution in [3.8, 4) is 11.1 Å². The molecule has 1 fully saturated rings. The Balaban J connectivity index is 1.73. The summed E-state index contributed by atoms with van der Waals surface area (Å²) < 4.78 is 13.4. The third-order valence-electron chi connectivity index (χ3n) is 3.59.